The molecule has 0 aliphatic carbocycles. The van der Waals surface area contributed by atoms with Gasteiger partial charge in [-0.05, 0) is 55.2 Å². The Labute approximate surface area is 163 Å². The average Bonchev–Trinajstić information content (AvgIpc) is 3.10. The lowest BCUT2D eigenvalue weighted by molar-refractivity contribution is -0.137. The SMILES string of the molecule is O=C(O)CCCOc1ccc(NC(=O)CCCc2c[nH]c3ccccc23)cc1. The maximum Gasteiger partial charge on any atom is 0.303 e. The minimum absolute atomic E-state index is 0.0185. The van der Waals surface area contributed by atoms with Crippen LogP contribution in [0.15, 0.2) is 54.7 Å². The van der Waals surface area contributed by atoms with E-state index >= 15 is 0 Å². The fourth-order valence-electron chi connectivity index (χ4n) is 3.05. The highest BCUT2D eigenvalue weighted by Gasteiger charge is 2.06. The zero-order valence-corrected chi connectivity index (χ0v) is 15.6. The number of hydrogen-bond acceptors (Lipinski definition) is 3. The van der Waals surface area contributed by atoms with Crippen LogP contribution < -0.4 is 10.1 Å². The maximum atomic E-state index is 12.2. The molecule has 0 saturated heterocycles. The van der Waals surface area contributed by atoms with Gasteiger partial charge in [0.25, 0.3) is 0 Å². The monoisotopic (exact) mass is 380 g/mol. The Morgan fingerprint density at radius 2 is 1.79 bits per heavy atom. The second kappa shape index (κ2) is 9.60. The first-order chi connectivity index (χ1) is 13.6. The number of para-hydroxylation sites is 1. The van der Waals surface area contributed by atoms with E-state index in [4.69, 9.17) is 9.84 Å². The number of carbonyl (C=O) groups is 2. The van der Waals surface area contributed by atoms with E-state index in [-0.39, 0.29) is 12.3 Å². The van der Waals surface area contributed by atoms with Crippen LogP contribution in [0, 0.1) is 0 Å². The Kier molecular flexibility index (Phi) is 6.68. The van der Waals surface area contributed by atoms with Crippen molar-refractivity contribution in [3.63, 3.8) is 0 Å². The Balaban J connectivity index is 1.40. The smallest absolute Gasteiger partial charge is 0.303 e. The Morgan fingerprint density at radius 3 is 2.57 bits per heavy atom. The van der Waals surface area contributed by atoms with Crippen molar-refractivity contribution in [2.75, 3.05) is 11.9 Å². The molecule has 1 heterocycles. The normalized spacial score (nSPS) is 10.7. The number of H-pyrrole nitrogens is 1. The minimum atomic E-state index is -0.827. The molecule has 3 rings (SSSR count). The van der Waals surface area contributed by atoms with E-state index in [0.717, 1.165) is 24.0 Å². The third kappa shape index (κ3) is 5.61. The van der Waals surface area contributed by atoms with Crippen molar-refractivity contribution in [2.24, 2.45) is 0 Å². The highest BCUT2D eigenvalue weighted by atomic mass is 16.5. The molecule has 3 N–H and O–H groups in total. The number of aliphatic carboxylic acids is 1. The molecular formula is C22H24N2O4. The number of nitrogens with one attached hydrogen (secondary N) is 2. The van der Waals surface area contributed by atoms with Crippen molar-refractivity contribution < 1.29 is 19.4 Å². The lowest BCUT2D eigenvalue weighted by Crippen LogP contribution is -2.11. The molecule has 0 fully saturated rings. The first kappa shape index (κ1) is 19.5. The van der Waals surface area contributed by atoms with Gasteiger partial charge in [0.05, 0.1) is 6.61 Å². The third-order valence-corrected chi connectivity index (χ3v) is 4.47. The highest BCUT2D eigenvalue weighted by Crippen LogP contribution is 2.20. The van der Waals surface area contributed by atoms with Gasteiger partial charge in [-0.15, -0.1) is 0 Å². The second-order valence-electron chi connectivity index (χ2n) is 6.63. The largest absolute Gasteiger partial charge is 0.494 e. The molecule has 2 aromatic carbocycles. The van der Waals surface area contributed by atoms with E-state index in [1.807, 2.05) is 24.4 Å². The molecule has 28 heavy (non-hydrogen) atoms. The molecule has 1 amide bonds. The van der Waals surface area contributed by atoms with Gasteiger partial charge in [0, 0.05) is 35.6 Å². The van der Waals surface area contributed by atoms with Crippen LogP contribution in [-0.2, 0) is 16.0 Å². The van der Waals surface area contributed by atoms with Crippen molar-refractivity contribution in [1.29, 1.82) is 0 Å². The summed E-state index contributed by atoms with van der Waals surface area (Å²) >= 11 is 0. The summed E-state index contributed by atoms with van der Waals surface area (Å²) in [6.07, 6.45) is 4.64. The number of benzene rings is 2. The molecule has 3 aromatic rings. The first-order valence-corrected chi connectivity index (χ1v) is 9.41. The van der Waals surface area contributed by atoms with E-state index in [1.54, 1.807) is 24.3 Å². The van der Waals surface area contributed by atoms with Gasteiger partial charge < -0.3 is 20.1 Å². The van der Waals surface area contributed by atoms with Gasteiger partial charge in [0.15, 0.2) is 0 Å². The number of carboxylic acids is 1. The van der Waals surface area contributed by atoms with Crippen LogP contribution >= 0.6 is 0 Å². The predicted molar refractivity (Wildman–Crippen MR) is 109 cm³/mol. The molecule has 0 spiro atoms. The Hall–Kier alpha value is -3.28. The lowest BCUT2D eigenvalue weighted by atomic mass is 10.1. The number of aromatic amines is 1. The summed E-state index contributed by atoms with van der Waals surface area (Å²) < 4.78 is 5.48. The highest BCUT2D eigenvalue weighted by molar-refractivity contribution is 5.90. The van der Waals surface area contributed by atoms with Crippen LogP contribution in [0.4, 0.5) is 5.69 Å². The molecule has 6 heteroatoms. The number of amides is 1. The van der Waals surface area contributed by atoms with E-state index in [9.17, 15) is 9.59 Å². The standard InChI is InChI=1S/C22H24N2O4/c25-21(8-3-5-16-15-23-20-7-2-1-6-19(16)20)24-17-10-12-18(13-11-17)28-14-4-9-22(26)27/h1-2,6-7,10-13,15,23H,3-5,8-9,14H2,(H,24,25)(H,26,27). The maximum absolute atomic E-state index is 12.2. The zero-order chi connectivity index (χ0) is 19.8. The number of hydrogen-bond donors (Lipinski definition) is 3. The molecule has 0 aliphatic heterocycles. The summed E-state index contributed by atoms with van der Waals surface area (Å²) in [5.41, 5.74) is 3.06. The molecule has 146 valence electrons. The summed E-state index contributed by atoms with van der Waals surface area (Å²) in [5.74, 6) is -0.191. The summed E-state index contributed by atoms with van der Waals surface area (Å²) in [6.45, 7) is 0.353. The van der Waals surface area contributed by atoms with Crippen molar-refractivity contribution >= 4 is 28.5 Å². The van der Waals surface area contributed by atoms with Crippen molar-refractivity contribution in [2.45, 2.75) is 32.1 Å². The number of ether oxygens (including phenoxy) is 1. The van der Waals surface area contributed by atoms with Gasteiger partial charge in [-0.1, -0.05) is 18.2 Å². The van der Waals surface area contributed by atoms with Gasteiger partial charge in [0.1, 0.15) is 5.75 Å². The molecular weight excluding hydrogens is 356 g/mol. The number of carbonyl (C=O) groups excluding carboxylic acids is 1. The van der Waals surface area contributed by atoms with Crippen LogP contribution in [0.1, 0.15) is 31.2 Å². The number of carboxylic acid groups (broad SMARTS) is 1. The Morgan fingerprint density at radius 1 is 1.00 bits per heavy atom. The quantitative estimate of drug-likeness (QED) is 0.455. The topological polar surface area (TPSA) is 91.4 Å². The second-order valence-corrected chi connectivity index (χ2v) is 6.63. The van der Waals surface area contributed by atoms with Crippen LogP contribution in [0.5, 0.6) is 5.75 Å². The van der Waals surface area contributed by atoms with Crippen molar-refractivity contribution in [3.05, 3.63) is 60.3 Å². The fourth-order valence-corrected chi connectivity index (χ4v) is 3.05. The van der Waals surface area contributed by atoms with Crippen molar-refractivity contribution in [3.8, 4) is 5.75 Å². The predicted octanol–water partition coefficient (Wildman–Crippen LogP) is 4.37. The summed E-state index contributed by atoms with van der Waals surface area (Å²) in [5, 5.41) is 12.7. The molecule has 0 saturated carbocycles. The fraction of sp³-hybridized carbons (Fsp3) is 0.273. The summed E-state index contributed by atoms with van der Waals surface area (Å²) in [6, 6.07) is 15.3. The third-order valence-electron chi connectivity index (χ3n) is 4.47. The van der Waals surface area contributed by atoms with Gasteiger partial charge >= 0.3 is 5.97 Å². The minimum Gasteiger partial charge on any atom is -0.494 e. The molecule has 0 radical (unpaired) electrons. The van der Waals surface area contributed by atoms with E-state index < -0.39 is 5.97 Å². The summed E-state index contributed by atoms with van der Waals surface area (Å²) in [4.78, 5) is 25.9. The average molecular weight is 380 g/mol. The van der Waals surface area contributed by atoms with Crippen LogP contribution in [0.3, 0.4) is 0 Å². The van der Waals surface area contributed by atoms with Gasteiger partial charge in [-0.3, -0.25) is 9.59 Å². The van der Waals surface area contributed by atoms with E-state index in [0.29, 0.717) is 25.2 Å². The molecule has 0 bridgehead atoms. The zero-order valence-electron chi connectivity index (χ0n) is 15.6. The lowest BCUT2D eigenvalue weighted by Gasteiger charge is -2.08. The van der Waals surface area contributed by atoms with Crippen LogP contribution in [-0.4, -0.2) is 28.6 Å². The van der Waals surface area contributed by atoms with Gasteiger partial charge in [0.2, 0.25) is 5.91 Å². The van der Waals surface area contributed by atoms with Crippen LogP contribution in [0.2, 0.25) is 0 Å². The van der Waals surface area contributed by atoms with Crippen molar-refractivity contribution in [1.82, 2.24) is 4.98 Å². The molecule has 6 nitrogen and oxygen atoms in total. The number of aryl methyl sites for hydroxylation is 1. The first-order valence-electron chi connectivity index (χ1n) is 9.41. The van der Waals surface area contributed by atoms with Gasteiger partial charge in [-0.25, -0.2) is 0 Å². The van der Waals surface area contributed by atoms with Gasteiger partial charge in [-0.2, -0.15) is 0 Å². The molecule has 0 unspecified atom stereocenters. The molecule has 1 aromatic heterocycles. The Bertz CT molecular complexity index is 931. The number of fused-ring (bicyclic) bond motifs is 1. The summed E-state index contributed by atoms with van der Waals surface area (Å²) in [7, 11) is 0. The van der Waals surface area contributed by atoms with E-state index in [1.165, 1.54) is 10.9 Å². The van der Waals surface area contributed by atoms with E-state index in [2.05, 4.69) is 16.4 Å². The number of rotatable bonds is 10. The molecule has 0 atom stereocenters. The van der Waals surface area contributed by atoms with Crippen LogP contribution in [0.25, 0.3) is 10.9 Å². The number of aromatic nitrogens is 1. The molecule has 0 aliphatic rings. The number of anilines is 1.